The summed E-state index contributed by atoms with van der Waals surface area (Å²) in [4.78, 5) is 4.28. The standard InChI is InChI=1S/C17H22N2O2/c1-2-9-18-17-12-14(7-10-19-17)13-21-16-6-4-3-5-15(16)8-11-20/h3-7,10,12,20H,2,8-9,11,13H2,1H3,(H,18,19). The molecule has 0 aliphatic carbocycles. The highest BCUT2D eigenvalue weighted by molar-refractivity contribution is 5.38. The highest BCUT2D eigenvalue weighted by Crippen LogP contribution is 2.20. The van der Waals surface area contributed by atoms with Crippen LogP contribution in [0.5, 0.6) is 5.75 Å². The van der Waals surface area contributed by atoms with Crippen molar-refractivity contribution in [3.8, 4) is 5.75 Å². The lowest BCUT2D eigenvalue weighted by molar-refractivity contribution is 0.284. The van der Waals surface area contributed by atoms with Crippen molar-refractivity contribution < 1.29 is 9.84 Å². The first-order valence-corrected chi connectivity index (χ1v) is 7.34. The van der Waals surface area contributed by atoms with Gasteiger partial charge in [-0.25, -0.2) is 4.98 Å². The molecule has 0 radical (unpaired) electrons. The fourth-order valence-electron chi connectivity index (χ4n) is 2.05. The van der Waals surface area contributed by atoms with Crippen molar-refractivity contribution >= 4 is 5.82 Å². The van der Waals surface area contributed by atoms with E-state index in [1.807, 2.05) is 36.4 Å². The van der Waals surface area contributed by atoms with E-state index in [-0.39, 0.29) is 6.61 Å². The highest BCUT2D eigenvalue weighted by Gasteiger charge is 2.03. The van der Waals surface area contributed by atoms with E-state index < -0.39 is 0 Å². The van der Waals surface area contributed by atoms with Crippen LogP contribution in [-0.2, 0) is 13.0 Å². The molecule has 0 saturated carbocycles. The predicted molar refractivity (Wildman–Crippen MR) is 84.6 cm³/mol. The molecule has 4 nitrogen and oxygen atoms in total. The number of pyridine rings is 1. The van der Waals surface area contributed by atoms with Crippen LogP contribution < -0.4 is 10.1 Å². The second kappa shape index (κ2) is 8.27. The fraction of sp³-hybridized carbons (Fsp3) is 0.353. The predicted octanol–water partition coefficient (Wildman–Crippen LogP) is 3.02. The van der Waals surface area contributed by atoms with Crippen LogP contribution in [0.1, 0.15) is 24.5 Å². The average molecular weight is 286 g/mol. The Morgan fingerprint density at radius 1 is 1.24 bits per heavy atom. The quantitative estimate of drug-likeness (QED) is 0.783. The van der Waals surface area contributed by atoms with Gasteiger partial charge in [-0.15, -0.1) is 0 Å². The summed E-state index contributed by atoms with van der Waals surface area (Å²) in [6.07, 6.45) is 3.46. The molecule has 112 valence electrons. The zero-order valence-corrected chi connectivity index (χ0v) is 12.4. The molecule has 2 aromatic rings. The zero-order chi connectivity index (χ0) is 14.9. The Morgan fingerprint density at radius 2 is 2.10 bits per heavy atom. The molecule has 0 amide bonds. The number of hydrogen-bond donors (Lipinski definition) is 2. The third kappa shape index (κ3) is 4.76. The van der Waals surface area contributed by atoms with Gasteiger partial charge in [0.25, 0.3) is 0 Å². The summed E-state index contributed by atoms with van der Waals surface area (Å²) in [6, 6.07) is 11.8. The maximum atomic E-state index is 9.08. The molecule has 0 aliphatic heterocycles. The molecular weight excluding hydrogens is 264 g/mol. The number of aromatic nitrogens is 1. The van der Waals surface area contributed by atoms with Gasteiger partial charge >= 0.3 is 0 Å². The number of nitrogens with one attached hydrogen (secondary N) is 1. The molecule has 1 aromatic heterocycles. The normalized spacial score (nSPS) is 10.4. The number of benzene rings is 1. The number of nitrogens with zero attached hydrogens (tertiary/aromatic N) is 1. The van der Waals surface area contributed by atoms with Gasteiger partial charge in [0.15, 0.2) is 0 Å². The number of aliphatic hydroxyl groups is 1. The molecule has 1 aromatic carbocycles. The van der Waals surface area contributed by atoms with Gasteiger partial charge in [0.1, 0.15) is 18.2 Å². The van der Waals surface area contributed by atoms with E-state index in [2.05, 4.69) is 17.2 Å². The highest BCUT2D eigenvalue weighted by atomic mass is 16.5. The molecule has 0 bridgehead atoms. The number of rotatable bonds is 8. The summed E-state index contributed by atoms with van der Waals surface area (Å²) < 4.78 is 5.87. The fourth-order valence-corrected chi connectivity index (χ4v) is 2.05. The monoisotopic (exact) mass is 286 g/mol. The van der Waals surface area contributed by atoms with E-state index >= 15 is 0 Å². The minimum atomic E-state index is 0.126. The zero-order valence-electron chi connectivity index (χ0n) is 12.4. The molecule has 0 aliphatic rings. The van der Waals surface area contributed by atoms with E-state index in [0.717, 1.165) is 35.7 Å². The SMILES string of the molecule is CCCNc1cc(COc2ccccc2CCO)ccn1. The lowest BCUT2D eigenvalue weighted by atomic mass is 10.1. The van der Waals surface area contributed by atoms with Crippen LogP contribution in [0, 0.1) is 0 Å². The van der Waals surface area contributed by atoms with Gasteiger partial charge < -0.3 is 15.2 Å². The van der Waals surface area contributed by atoms with Crippen molar-refractivity contribution in [1.82, 2.24) is 4.98 Å². The Bertz CT molecular complexity index is 558. The maximum absolute atomic E-state index is 9.08. The third-order valence-electron chi connectivity index (χ3n) is 3.13. The van der Waals surface area contributed by atoms with Gasteiger partial charge in [-0.1, -0.05) is 25.1 Å². The van der Waals surface area contributed by atoms with Crippen LogP contribution in [0.15, 0.2) is 42.6 Å². The Hall–Kier alpha value is -2.07. The summed E-state index contributed by atoms with van der Waals surface area (Å²) in [7, 11) is 0. The maximum Gasteiger partial charge on any atom is 0.126 e. The van der Waals surface area contributed by atoms with Gasteiger partial charge in [0.2, 0.25) is 0 Å². The second-order valence-corrected chi connectivity index (χ2v) is 4.85. The van der Waals surface area contributed by atoms with Gasteiger partial charge in [0.05, 0.1) is 0 Å². The minimum absolute atomic E-state index is 0.126. The number of hydrogen-bond acceptors (Lipinski definition) is 4. The molecule has 0 spiro atoms. The van der Waals surface area contributed by atoms with Crippen LogP contribution in [0.25, 0.3) is 0 Å². The molecule has 0 saturated heterocycles. The van der Waals surface area contributed by atoms with Crippen molar-refractivity contribution in [3.63, 3.8) is 0 Å². The number of aliphatic hydroxyl groups excluding tert-OH is 1. The third-order valence-corrected chi connectivity index (χ3v) is 3.13. The van der Waals surface area contributed by atoms with Crippen LogP contribution in [0.4, 0.5) is 5.82 Å². The first-order valence-electron chi connectivity index (χ1n) is 7.34. The van der Waals surface area contributed by atoms with Crippen molar-refractivity contribution in [1.29, 1.82) is 0 Å². The molecule has 0 unspecified atom stereocenters. The summed E-state index contributed by atoms with van der Waals surface area (Å²) in [5.41, 5.74) is 2.10. The Morgan fingerprint density at radius 3 is 2.90 bits per heavy atom. The largest absolute Gasteiger partial charge is 0.489 e. The topological polar surface area (TPSA) is 54.4 Å². The first-order chi connectivity index (χ1) is 10.3. The van der Waals surface area contributed by atoms with Gasteiger partial charge in [0, 0.05) is 19.3 Å². The molecular formula is C17H22N2O2. The molecule has 2 N–H and O–H groups in total. The summed E-state index contributed by atoms with van der Waals surface area (Å²) in [5.74, 6) is 1.70. The van der Waals surface area contributed by atoms with E-state index in [1.54, 1.807) is 6.20 Å². The van der Waals surface area contributed by atoms with Crippen LogP contribution in [0.2, 0.25) is 0 Å². The number of para-hydroxylation sites is 1. The van der Waals surface area contributed by atoms with Crippen LogP contribution in [-0.4, -0.2) is 23.2 Å². The Kier molecular flexibility index (Phi) is 6.03. The molecule has 4 heteroatoms. The lowest BCUT2D eigenvalue weighted by Crippen LogP contribution is -2.04. The van der Waals surface area contributed by atoms with Crippen LogP contribution in [0.3, 0.4) is 0 Å². The summed E-state index contributed by atoms with van der Waals surface area (Å²) in [6.45, 7) is 3.65. The van der Waals surface area contributed by atoms with Crippen molar-refractivity contribution in [2.45, 2.75) is 26.4 Å². The first kappa shape index (κ1) is 15.3. The summed E-state index contributed by atoms with van der Waals surface area (Å²) >= 11 is 0. The number of anilines is 1. The summed E-state index contributed by atoms with van der Waals surface area (Å²) in [5, 5.41) is 12.3. The van der Waals surface area contributed by atoms with E-state index in [9.17, 15) is 0 Å². The second-order valence-electron chi connectivity index (χ2n) is 4.85. The van der Waals surface area contributed by atoms with E-state index in [0.29, 0.717) is 13.0 Å². The Balaban J connectivity index is 1.99. The smallest absolute Gasteiger partial charge is 0.126 e. The molecule has 0 atom stereocenters. The minimum Gasteiger partial charge on any atom is -0.489 e. The van der Waals surface area contributed by atoms with Crippen molar-refractivity contribution in [2.24, 2.45) is 0 Å². The molecule has 1 heterocycles. The van der Waals surface area contributed by atoms with Crippen molar-refractivity contribution in [2.75, 3.05) is 18.5 Å². The Labute approximate surface area is 125 Å². The molecule has 0 fully saturated rings. The van der Waals surface area contributed by atoms with E-state index in [4.69, 9.17) is 9.84 Å². The van der Waals surface area contributed by atoms with Gasteiger partial charge in [-0.3, -0.25) is 0 Å². The van der Waals surface area contributed by atoms with Crippen molar-refractivity contribution in [3.05, 3.63) is 53.7 Å². The molecule has 21 heavy (non-hydrogen) atoms. The lowest BCUT2D eigenvalue weighted by Gasteiger charge is -2.11. The number of ether oxygens (including phenoxy) is 1. The van der Waals surface area contributed by atoms with E-state index in [1.165, 1.54) is 0 Å². The van der Waals surface area contributed by atoms with Gasteiger partial charge in [-0.2, -0.15) is 0 Å². The molecule has 2 rings (SSSR count). The average Bonchev–Trinajstić information content (AvgIpc) is 2.53. The van der Waals surface area contributed by atoms with Gasteiger partial charge in [-0.05, 0) is 42.2 Å². The van der Waals surface area contributed by atoms with Crippen LogP contribution >= 0.6 is 0 Å².